The maximum atomic E-state index is 5.76. The molecule has 0 amide bonds. The highest BCUT2D eigenvalue weighted by atomic mass is 35.5. The van der Waals surface area contributed by atoms with Gasteiger partial charge in [0.1, 0.15) is 0 Å². The summed E-state index contributed by atoms with van der Waals surface area (Å²) >= 11 is 10.0. The van der Waals surface area contributed by atoms with E-state index in [9.17, 15) is 0 Å². The Kier molecular flexibility index (Phi) is 3.92. The monoisotopic (exact) mass is 201 g/mol. The number of thiol groups is 1. The van der Waals surface area contributed by atoms with Crippen molar-refractivity contribution in [2.45, 2.75) is 6.04 Å². The third-order valence-corrected chi connectivity index (χ3v) is 2.42. The molecule has 0 aliphatic carbocycles. The van der Waals surface area contributed by atoms with E-state index in [1.165, 1.54) is 5.56 Å². The van der Waals surface area contributed by atoms with E-state index < -0.39 is 0 Å². The van der Waals surface area contributed by atoms with Crippen LogP contribution in [0.2, 0.25) is 5.02 Å². The maximum absolute atomic E-state index is 5.76. The SMILES string of the molecule is CNC(CS)c1ccc(Cl)cc1. The molecule has 1 atom stereocenters. The van der Waals surface area contributed by atoms with Gasteiger partial charge in [-0.2, -0.15) is 12.6 Å². The lowest BCUT2D eigenvalue weighted by Gasteiger charge is -2.13. The summed E-state index contributed by atoms with van der Waals surface area (Å²) in [5, 5.41) is 3.94. The Hall–Kier alpha value is -0.180. The van der Waals surface area contributed by atoms with Gasteiger partial charge < -0.3 is 5.32 Å². The topological polar surface area (TPSA) is 12.0 Å². The quantitative estimate of drug-likeness (QED) is 0.717. The Bertz CT molecular complexity index is 231. The second kappa shape index (κ2) is 4.75. The summed E-state index contributed by atoms with van der Waals surface area (Å²) in [6, 6.07) is 8.12. The minimum atomic E-state index is 0.311. The second-order valence-electron chi connectivity index (χ2n) is 2.58. The fourth-order valence-electron chi connectivity index (χ4n) is 1.06. The number of benzene rings is 1. The molecular weight excluding hydrogens is 190 g/mol. The minimum absolute atomic E-state index is 0.311. The average molecular weight is 202 g/mol. The van der Waals surface area contributed by atoms with Crippen LogP contribution < -0.4 is 5.32 Å². The van der Waals surface area contributed by atoms with Crippen LogP contribution in [0.5, 0.6) is 0 Å². The van der Waals surface area contributed by atoms with Crippen molar-refractivity contribution in [1.29, 1.82) is 0 Å². The van der Waals surface area contributed by atoms with E-state index >= 15 is 0 Å². The van der Waals surface area contributed by atoms with E-state index in [1.807, 2.05) is 31.3 Å². The third-order valence-electron chi connectivity index (χ3n) is 1.80. The zero-order chi connectivity index (χ0) is 8.97. The molecule has 1 unspecified atom stereocenters. The van der Waals surface area contributed by atoms with E-state index in [4.69, 9.17) is 11.6 Å². The predicted octanol–water partition coefficient (Wildman–Crippen LogP) is 2.53. The van der Waals surface area contributed by atoms with Gasteiger partial charge in [-0.05, 0) is 24.7 Å². The van der Waals surface area contributed by atoms with Crippen LogP contribution >= 0.6 is 24.2 Å². The van der Waals surface area contributed by atoms with Gasteiger partial charge in [-0.15, -0.1) is 0 Å². The van der Waals surface area contributed by atoms with Crippen LogP contribution in [-0.2, 0) is 0 Å². The van der Waals surface area contributed by atoms with Crippen molar-refractivity contribution in [2.24, 2.45) is 0 Å². The summed E-state index contributed by atoms with van der Waals surface area (Å²) in [6.07, 6.45) is 0. The van der Waals surface area contributed by atoms with Crippen LogP contribution in [0, 0.1) is 0 Å². The van der Waals surface area contributed by atoms with Gasteiger partial charge >= 0.3 is 0 Å². The molecule has 0 aliphatic rings. The summed E-state index contributed by atoms with van der Waals surface area (Å²) < 4.78 is 0. The molecule has 0 bridgehead atoms. The minimum Gasteiger partial charge on any atom is -0.312 e. The Balaban J connectivity index is 2.80. The number of hydrogen-bond donors (Lipinski definition) is 2. The van der Waals surface area contributed by atoms with Crippen LogP contribution in [0.15, 0.2) is 24.3 Å². The van der Waals surface area contributed by atoms with Crippen molar-refractivity contribution in [2.75, 3.05) is 12.8 Å². The Labute approximate surface area is 83.5 Å². The molecule has 1 N–H and O–H groups in total. The molecule has 3 heteroatoms. The van der Waals surface area contributed by atoms with Gasteiger partial charge in [-0.3, -0.25) is 0 Å². The summed E-state index contributed by atoms with van der Waals surface area (Å²) in [6.45, 7) is 0. The van der Waals surface area contributed by atoms with E-state index in [1.54, 1.807) is 0 Å². The van der Waals surface area contributed by atoms with Crippen molar-refractivity contribution in [3.8, 4) is 0 Å². The van der Waals surface area contributed by atoms with E-state index in [0.29, 0.717) is 6.04 Å². The maximum Gasteiger partial charge on any atom is 0.0406 e. The second-order valence-corrected chi connectivity index (χ2v) is 3.38. The summed E-state index contributed by atoms with van der Waals surface area (Å²) in [5.41, 5.74) is 1.22. The standard InChI is InChI=1S/C9H12ClNS/c1-11-9(6-12)7-2-4-8(10)5-3-7/h2-5,9,11-12H,6H2,1H3. The molecule has 0 fully saturated rings. The predicted molar refractivity (Wildman–Crippen MR) is 57.1 cm³/mol. The van der Waals surface area contributed by atoms with Crippen molar-refractivity contribution in [3.05, 3.63) is 34.9 Å². The molecule has 0 radical (unpaired) electrons. The van der Waals surface area contributed by atoms with E-state index in [-0.39, 0.29) is 0 Å². The largest absolute Gasteiger partial charge is 0.312 e. The first-order valence-electron chi connectivity index (χ1n) is 3.81. The first kappa shape index (κ1) is 9.90. The Morgan fingerprint density at radius 2 is 2.00 bits per heavy atom. The highest BCUT2D eigenvalue weighted by molar-refractivity contribution is 7.80. The van der Waals surface area contributed by atoms with Gasteiger partial charge in [0.25, 0.3) is 0 Å². The molecule has 1 aromatic rings. The molecule has 12 heavy (non-hydrogen) atoms. The van der Waals surface area contributed by atoms with Gasteiger partial charge in [0.15, 0.2) is 0 Å². The number of hydrogen-bond acceptors (Lipinski definition) is 2. The number of rotatable bonds is 3. The molecule has 66 valence electrons. The zero-order valence-corrected chi connectivity index (χ0v) is 8.57. The summed E-state index contributed by atoms with van der Waals surface area (Å²) in [7, 11) is 1.93. The zero-order valence-electron chi connectivity index (χ0n) is 6.92. The highest BCUT2D eigenvalue weighted by Crippen LogP contribution is 2.16. The molecule has 1 aromatic carbocycles. The molecule has 1 nitrogen and oxygen atoms in total. The normalized spacial score (nSPS) is 12.9. The van der Waals surface area contributed by atoms with E-state index in [2.05, 4.69) is 17.9 Å². The van der Waals surface area contributed by atoms with Crippen LogP contribution in [0.1, 0.15) is 11.6 Å². The van der Waals surface area contributed by atoms with Crippen molar-refractivity contribution < 1.29 is 0 Å². The van der Waals surface area contributed by atoms with Gasteiger partial charge in [-0.25, -0.2) is 0 Å². The van der Waals surface area contributed by atoms with Gasteiger partial charge in [0, 0.05) is 16.8 Å². The molecule has 0 aliphatic heterocycles. The Morgan fingerprint density at radius 1 is 1.42 bits per heavy atom. The lowest BCUT2D eigenvalue weighted by Crippen LogP contribution is -2.17. The molecule has 0 saturated carbocycles. The molecule has 1 rings (SSSR count). The molecular formula is C9H12ClNS. The lowest BCUT2D eigenvalue weighted by atomic mass is 10.1. The van der Waals surface area contributed by atoms with Gasteiger partial charge in [-0.1, -0.05) is 23.7 Å². The summed E-state index contributed by atoms with van der Waals surface area (Å²) in [5.74, 6) is 0.790. The smallest absolute Gasteiger partial charge is 0.0406 e. The average Bonchev–Trinajstić information content (AvgIpc) is 2.10. The van der Waals surface area contributed by atoms with Crippen LogP contribution in [0.25, 0.3) is 0 Å². The van der Waals surface area contributed by atoms with Crippen LogP contribution in [0.3, 0.4) is 0 Å². The molecule has 0 heterocycles. The first-order valence-corrected chi connectivity index (χ1v) is 4.82. The number of halogens is 1. The molecule has 0 spiro atoms. The van der Waals surface area contributed by atoms with Crippen molar-refractivity contribution in [1.82, 2.24) is 5.32 Å². The molecule has 0 saturated heterocycles. The first-order chi connectivity index (χ1) is 5.77. The van der Waals surface area contributed by atoms with Crippen molar-refractivity contribution in [3.63, 3.8) is 0 Å². The van der Waals surface area contributed by atoms with Crippen molar-refractivity contribution >= 4 is 24.2 Å². The molecule has 0 aromatic heterocycles. The van der Waals surface area contributed by atoms with Gasteiger partial charge in [0.2, 0.25) is 0 Å². The highest BCUT2D eigenvalue weighted by Gasteiger charge is 2.05. The van der Waals surface area contributed by atoms with Crippen LogP contribution in [0.4, 0.5) is 0 Å². The summed E-state index contributed by atoms with van der Waals surface area (Å²) in [4.78, 5) is 0. The number of nitrogens with one attached hydrogen (secondary N) is 1. The fraction of sp³-hybridized carbons (Fsp3) is 0.333. The van der Waals surface area contributed by atoms with E-state index in [0.717, 1.165) is 10.8 Å². The fourth-order valence-corrected chi connectivity index (χ4v) is 1.58. The van der Waals surface area contributed by atoms with Gasteiger partial charge in [0.05, 0.1) is 0 Å². The third kappa shape index (κ3) is 2.41. The van der Waals surface area contributed by atoms with Crippen LogP contribution in [-0.4, -0.2) is 12.8 Å². The Morgan fingerprint density at radius 3 is 2.42 bits per heavy atom. The lowest BCUT2D eigenvalue weighted by molar-refractivity contribution is 0.663.